The van der Waals surface area contributed by atoms with Crippen LogP contribution in [0.2, 0.25) is 0 Å². The third-order valence-corrected chi connectivity index (χ3v) is 1.58. The summed E-state index contributed by atoms with van der Waals surface area (Å²) in [6.45, 7) is 0. The van der Waals surface area contributed by atoms with E-state index in [0.29, 0.717) is 12.0 Å². The van der Waals surface area contributed by atoms with Crippen molar-refractivity contribution in [2.75, 3.05) is 11.1 Å². The summed E-state index contributed by atoms with van der Waals surface area (Å²) in [5.74, 6) is 0.414. The Labute approximate surface area is 68.2 Å². The van der Waals surface area contributed by atoms with E-state index in [1.807, 2.05) is 0 Å². The first kappa shape index (κ1) is 7.08. The molecule has 1 aromatic rings. The van der Waals surface area contributed by atoms with Crippen molar-refractivity contribution >= 4 is 11.9 Å². The van der Waals surface area contributed by atoms with Crippen LogP contribution in [0.1, 0.15) is 12.8 Å². The first-order valence-corrected chi connectivity index (χ1v) is 3.74. The van der Waals surface area contributed by atoms with Gasteiger partial charge in [-0.15, -0.1) is 0 Å². The van der Waals surface area contributed by atoms with Gasteiger partial charge in [0, 0.05) is 6.04 Å². The minimum Gasteiger partial charge on any atom is -0.369 e. The number of nitrogen functional groups attached to an aromatic ring is 1. The molecule has 6 heteroatoms. The molecule has 1 saturated carbocycles. The second kappa shape index (κ2) is 2.47. The lowest BCUT2D eigenvalue weighted by Gasteiger charge is -2.00. The summed E-state index contributed by atoms with van der Waals surface area (Å²) in [7, 11) is 0. The van der Waals surface area contributed by atoms with Gasteiger partial charge in [-0.25, -0.2) is 4.79 Å². The van der Waals surface area contributed by atoms with Gasteiger partial charge in [-0.2, -0.15) is 9.97 Å². The largest absolute Gasteiger partial charge is 0.369 e. The molecule has 0 saturated heterocycles. The van der Waals surface area contributed by atoms with E-state index in [1.54, 1.807) is 0 Å². The summed E-state index contributed by atoms with van der Waals surface area (Å²) in [5, 5.41) is 2.98. The van der Waals surface area contributed by atoms with Crippen molar-refractivity contribution in [2.24, 2.45) is 0 Å². The molecule has 0 radical (unpaired) electrons. The van der Waals surface area contributed by atoms with Gasteiger partial charge in [0.05, 0.1) is 0 Å². The lowest BCUT2D eigenvalue weighted by Crippen LogP contribution is -2.18. The van der Waals surface area contributed by atoms with Crippen molar-refractivity contribution in [3.63, 3.8) is 0 Å². The molecule has 1 fully saturated rings. The molecule has 0 unspecified atom stereocenters. The third-order valence-electron chi connectivity index (χ3n) is 1.58. The highest BCUT2D eigenvalue weighted by molar-refractivity contribution is 5.31. The van der Waals surface area contributed by atoms with Crippen molar-refractivity contribution in [3.8, 4) is 0 Å². The van der Waals surface area contributed by atoms with Gasteiger partial charge in [0.15, 0.2) is 0 Å². The summed E-state index contributed by atoms with van der Waals surface area (Å²) in [6.07, 6.45) is 2.21. The number of nitrogens with one attached hydrogen (secondary N) is 2. The zero-order valence-electron chi connectivity index (χ0n) is 6.37. The molecule has 0 aromatic carbocycles. The maximum absolute atomic E-state index is 10.8. The molecule has 0 aliphatic heterocycles. The molecule has 6 nitrogen and oxygen atoms in total. The standard InChI is InChI=1S/C6H9N5O/c7-4-9-5(8-3-1-2-3)11-6(12)10-4/h3H,1-2H2,(H4,7,8,9,10,11,12). The fourth-order valence-corrected chi connectivity index (χ4v) is 0.876. The van der Waals surface area contributed by atoms with E-state index in [-0.39, 0.29) is 5.95 Å². The smallest absolute Gasteiger partial charge is 0.350 e. The van der Waals surface area contributed by atoms with Gasteiger partial charge in [0.1, 0.15) is 0 Å². The summed E-state index contributed by atoms with van der Waals surface area (Å²) >= 11 is 0. The fraction of sp³-hybridized carbons (Fsp3) is 0.500. The van der Waals surface area contributed by atoms with Gasteiger partial charge in [-0.05, 0) is 12.8 Å². The van der Waals surface area contributed by atoms with Crippen molar-refractivity contribution < 1.29 is 0 Å². The highest BCUT2D eigenvalue weighted by Crippen LogP contribution is 2.22. The van der Waals surface area contributed by atoms with Crippen LogP contribution in [-0.4, -0.2) is 21.0 Å². The summed E-state index contributed by atoms with van der Waals surface area (Å²) in [6, 6.07) is 0.422. The Kier molecular flexibility index (Phi) is 1.46. The van der Waals surface area contributed by atoms with E-state index in [2.05, 4.69) is 20.3 Å². The second-order valence-electron chi connectivity index (χ2n) is 2.78. The normalized spacial score (nSPS) is 16.0. The predicted molar refractivity (Wildman–Crippen MR) is 43.7 cm³/mol. The van der Waals surface area contributed by atoms with Crippen LogP contribution in [0.15, 0.2) is 4.79 Å². The monoisotopic (exact) mass is 167 g/mol. The molecular weight excluding hydrogens is 158 g/mol. The lowest BCUT2D eigenvalue weighted by atomic mass is 10.7. The number of anilines is 2. The van der Waals surface area contributed by atoms with Crippen molar-refractivity contribution in [2.45, 2.75) is 18.9 Å². The molecule has 1 heterocycles. The second-order valence-corrected chi connectivity index (χ2v) is 2.78. The zero-order chi connectivity index (χ0) is 8.55. The third kappa shape index (κ3) is 1.52. The van der Waals surface area contributed by atoms with Crippen LogP contribution < -0.4 is 16.7 Å². The Hall–Kier alpha value is -1.59. The van der Waals surface area contributed by atoms with E-state index >= 15 is 0 Å². The van der Waals surface area contributed by atoms with Crippen LogP contribution in [-0.2, 0) is 0 Å². The Balaban J connectivity index is 2.23. The molecule has 1 aliphatic rings. The average Bonchev–Trinajstić information content (AvgIpc) is 2.68. The van der Waals surface area contributed by atoms with Crippen molar-refractivity contribution in [1.82, 2.24) is 15.0 Å². The summed E-state index contributed by atoms with van der Waals surface area (Å²) < 4.78 is 0. The predicted octanol–water partition coefficient (Wildman–Crippen LogP) is -0.679. The SMILES string of the molecule is Nc1nc(NC2CC2)nc(=O)[nH]1. The number of aromatic nitrogens is 3. The topological polar surface area (TPSA) is 96.7 Å². The molecule has 1 aliphatic carbocycles. The molecule has 0 atom stereocenters. The van der Waals surface area contributed by atoms with Crippen LogP contribution in [0.3, 0.4) is 0 Å². The van der Waals surface area contributed by atoms with Crippen molar-refractivity contribution in [3.05, 3.63) is 10.5 Å². The zero-order valence-corrected chi connectivity index (χ0v) is 6.37. The number of nitrogens with two attached hydrogens (primary N) is 1. The van der Waals surface area contributed by atoms with Gasteiger partial charge in [0.2, 0.25) is 11.9 Å². The maximum atomic E-state index is 10.8. The first-order valence-electron chi connectivity index (χ1n) is 3.74. The van der Waals surface area contributed by atoms with E-state index in [9.17, 15) is 4.79 Å². The van der Waals surface area contributed by atoms with Crippen LogP contribution in [0.5, 0.6) is 0 Å². The minimum atomic E-state index is -0.467. The van der Waals surface area contributed by atoms with E-state index in [0.717, 1.165) is 12.8 Å². The molecule has 0 bridgehead atoms. The Morgan fingerprint density at radius 2 is 2.25 bits per heavy atom. The number of hydrogen-bond donors (Lipinski definition) is 3. The summed E-state index contributed by atoms with van der Waals surface area (Å²) in [5.41, 5.74) is 4.84. The Morgan fingerprint density at radius 3 is 2.83 bits per heavy atom. The molecule has 2 rings (SSSR count). The first-order chi connectivity index (χ1) is 5.74. The van der Waals surface area contributed by atoms with E-state index < -0.39 is 5.69 Å². The molecule has 4 N–H and O–H groups in total. The van der Waals surface area contributed by atoms with E-state index in [1.165, 1.54) is 0 Å². The lowest BCUT2D eigenvalue weighted by molar-refractivity contribution is 0.970. The Morgan fingerprint density at radius 1 is 1.50 bits per heavy atom. The highest BCUT2D eigenvalue weighted by atomic mass is 16.1. The fourth-order valence-electron chi connectivity index (χ4n) is 0.876. The van der Waals surface area contributed by atoms with Gasteiger partial charge in [0.25, 0.3) is 0 Å². The number of rotatable bonds is 2. The number of hydrogen-bond acceptors (Lipinski definition) is 5. The molecule has 0 amide bonds. The van der Waals surface area contributed by atoms with Gasteiger partial charge < -0.3 is 11.1 Å². The number of H-pyrrole nitrogens is 1. The van der Waals surface area contributed by atoms with Crippen LogP contribution >= 0.6 is 0 Å². The molecule has 0 spiro atoms. The van der Waals surface area contributed by atoms with Gasteiger partial charge in [-0.1, -0.05) is 0 Å². The van der Waals surface area contributed by atoms with E-state index in [4.69, 9.17) is 5.73 Å². The van der Waals surface area contributed by atoms with Crippen LogP contribution in [0.25, 0.3) is 0 Å². The summed E-state index contributed by atoms with van der Waals surface area (Å²) in [4.78, 5) is 20.5. The van der Waals surface area contributed by atoms with Crippen molar-refractivity contribution in [1.29, 1.82) is 0 Å². The van der Waals surface area contributed by atoms with Crippen LogP contribution in [0.4, 0.5) is 11.9 Å². The molecule has 12 heavy (non-hydrogen) atoms. The average molecular weight is 167 g/mol. The van der Waals surface area contributed by atoms with Crippen LogP contribution in [0, 0.1) is 0 Å². The van der Waals surface area contributed by atoms with Gasteiger partial charge in [-0.3, -0.25) is 4.98 Å². The molecule has 64 valence electrons. The van der Waals surface area contributed by atoms with Gasteiger partial charge >= 0.3 is 5.69 Å². The number of nitrogens with zero attached hydrogens (tertiary/aromatic N) is 2. The molecule has 1 aromatic heterocycles. The minimum absolute atomic E-state index is 0.0955. The highest BCUT2D eigenvalue weighted by Gasteiger charge is 2.22. The molecular formula is C6H9N5O. The number of aromatic amines is 1. The Bertz CT molecular complexity index is 342. The quantitative estimate of drug-likeness (QED) is 0.542. The maximum Gasteiger partial charge on any atom is 0.350 e.